The number of pyridine rings is 1. The van der Waals surface area contributed by atoms with Crippen molar-refractivity contribution in [1.29, 1.82) is 4.78 Å². The summed E-state index contributed by atoms with van der Waals surface area (Å²) in [7, 11) is -5.71. The third-order valence-corrected chi connectivity index (χ3v) is 5.32. The maximum Gasteiger partial charge on any atom is 0.240 e. The van der Waals surface area contributed by atoms with Crippen molar-refractivity contribution in [3.8, 4) is 5.88 Å². The number of benzene rings is 1. The Morgan fingerprint density at radius 3 is 2.50 bits per heavy atom. The Morgan fingerprint density at radius 1 is 1.25 bits per heavy atom. The van der Waals surface area contributed by atoms with Gasteiger partial charge in [-0.05, 0) is 23.8 Å². The predicted molar refractivity (Wildman–Crippen MR) is 91.0 cm³/mol. The van der Waals surface area contributed by atoms with Crippen LogP contribution in [-0.4, -0.2) is 31.0 Å². The number of aromatic nitrogens is 1. The molecule has 2 rings (SSSR count). The summed E-state index contributed by atoms with van der Waals surface area (Å²) in [5.41, 5.74) is 0.836. The summed E-state index contributed by atoms with van der Waals surface area (Å²) in [4.78, 5) is 3.86. The highest BCUT2D eigenvalue weighted by molar-refractivity contribution is 7.92. The van der Waals surface area contributed by atoms with Crippen LogP contribution in [0.1, 0.15) is 5.56 Å². The number of nitrogens with two attached hydrogens (primary N) is 1. The van der Waals surface area contributed by atoms with Gasteiger partial charge in [0.05, 0.1) is 27.4 Å². The van der Waals surface area contributed by atoms with Gasteiger partial charge in [-0.2, -0.15) is 0 Å². The Morgan fingerprint density at radius 2 is 1.92 bits per heavy atom. The van der Waals surface area contributed by atoms with Crippen LogP contribution in [0, 0.1) is 4.78 Å². The van der Waals surface area contributed by atoms with Crippen LogP contribution in [0.5, 0.6) is 5.88 Å². The van der Waals surface area contributed by atoms with Crippen molar-refractivity contribution in [2.24, 2.45) is 5.14 Å². The van der Waals surface area contributed by atoms with Gasteiger partial charge in [-0.15, -0.1) is 0 Å². The Hall–Kier alpha value is -2.17. The van der Waals surface area contributed by atoms with E-state index in [0.29, 0.717) is 5.88 Å². The topological polar surface area (TPSA) is 135 Å². The van der Waals surface area contributed by atoms with Crippen molar-refractivity contribution in [1.82, 2.24) is 4.98 Å². The van der Waals surface area contributed by atoms with Crippen LogP contribution in [0.3, 0.4) is 0 Å². The highest BCUT2D eigenvalue weighted by atomic mass is 32.2. The molecule has 0 aliphatic heterocycles. The Balaban J connectivity index is 2.47. The van der Waals surface area contributed by atoms with Crippen molar-refractivity contribution < 1.29 is 17.4 Å². The van der Waals surface area contributed by atoms with E-state index in [1.165, 1.54) is 31.6 Å². The van der Waals surface area contributed by atoms with Crippen molar-refractivity contribution >= 4 is 25.4 Å². The van der Waals surface area contributed by atoms with E-state index in [1.807, 2.05) is 0 Å². The smallest absolute Gasteiger partial charge is 0.240 e. The zero-order chi connectivity index (χ0) is 18.0. The second-order valence-corrected chi connectivity index (χ2v) is 8.73. The molecule has 1 unspecified atom stereocenters. The van der Waals surface area contributed by atoms with Crippen LogP contribution in [0.4, 0.5) is 5.69 Å². The van der Waals surface area contributed by atoms with E-state index in [1.54, 1.807) is 18.3 Å². The lowest BCUT2D eigenvalue weighted by Gasteiger charge is -2.16. The van der Waals surface area contributed by atoms with E-state index in [4.69, 9.17) is 14.7 Å². The maximum absolute atomic E-state index is 12.2. The summed E-state index contributed by atoms with van der Waals surface area (Å²) in [6.07, 6.45) is 2.77. The summed E-state index contributed by atoms with van der Waals surface area (Å²) in [6.45, 7) is 0.216. The van der Waals surface area contributed by atoms with Crippen LogP contribution < -0.4 is 15.2 Å². The van der Waals surface area contributed by atoms with Gasteiger partial charge in [0.2, 0.25) is 15.9 Å². The second kappa shape index (κ2) is 6.75. The molecule has 0 bridgehead atoms. The third-order valence-electron chi connectivity index (χ3n) is 3.19. The molecule has 2 aromatic rings. The Bertz CT molecular complexity index is 906. The predicted octanol–water partition coefficient (Wildman–Crippen LogP) is 1.39. The summed E-state index contributed by atoms with van der Waals surface area (Å²) in [5, 5.41) is 8.15. The first-order chi connectivity index (χ1) is 11.1. The number of nitrogens with zero attached hydrogens (tertiary/aromatic N) is 1. The lowest BCUT2D eigenvalue weighted by molar-refractivity contribution is 0.397. The molecular weight excluding hydrogens is 352 g/mol. The first-order valence-corrected chi connectivity index (χ1v) is 10.3. The minimum atomic E-state index is -4.04. The van der Waals surface area contributed by atoms with E-state index >= 15 is 0 Å². The number of hydrogen-bond donors (Lipinski definition) is 3. The number of para-hydroxylation sites is 1. The average Bonchev–Trinajstić information content (AvgIpc) is 2.51. The van der Waals surface area contributed by atoms with Crippen LogP contribution in [0.2, 0.25) is 0 Å². The Labute approximate surface area is 141 Å². The van der Waals surface area contributed by atoms with Crippen molar-refractivity contribution in [2.45, 2.75) is 16.3 Å². The summed E-state index contributed by atoms with van der Waals surface area (Å²) >= 11 is 0. The minimum absolute atomic E-state index is 0.0679. The van der Waals surface area contributed by atoms with Crippen LogP contribution in [-0.2, 0) is 26.3 Å². The SMILES string of the molecule is COc1cc(CNc2c(S(C)(=N)=O)cccc2S(N)(=O)=O)ccn1. The summed E-state index contributed by atoms with van der Waals surface area (Å²) in [6, 6.07) is 7.56. The largest absolute Gasteiger partial charge is 0.481 e. The highest BCUT2D eigenvalue weighted by Crippen LogP contribution is 2.29. The molecule has 0 aliphatic rings. The van der Waals surface area contributed by atoms with Crippen LogP contribution in [0.15, 0.2) is 46.3 Å². The number of methoxy groups -OCH3 is 1. The zero-order valence-corrected chi connectivity index (χ0v) is 14.8. The number of anilines is 1. The number of hydrogen-bond acceptors (Lipinski definition) is 7. The lowest BCUT2D eigenvalue weighted by Crippen LogP contribution is -2.17. The van der Waals surface area contributed by atoms with Crippen LogP contribution >= 0.6 is 0 Å². The number of sulfonamides is 1. The molecule has 130 valence electrons. The maximum atomic E-state index is 12.2. The standard InChI is InChI=1S/C14H18N4O4S2/c1-22-13-8-10(6-7-17-13)9-18-14-11(23(2,15)19)4-3-5-12(14)24(16,20)21/h3-8,15,18H,9H2,1-2H3,(H2,16,20,21). The second-order valence-electron chi connectivity index (χ2n) is 5.08. The molecule has 1 heterocycles. The minimum Gasteiger partial charge on any atom is -0.481 e. The molecular formula is C14H18N4O4S2. The van der Waals surface area contributed by atoms with E-state index in [9.17, 15) is 12.6 Å². The fourth-order valence-electron chi connectivity index (χ4n) is 2.11. The quantitative estimate of drug-likeness (QED) is 0.703. The van der Waals surface area contributed by atoms with Gasteiger partial charge in [0, 0.05) is 25.1 Å². The molecule has 0 radical (unpaired) electrons. The average molecular weight is 370 g/mol. The molecule has 0 spiro atoms. The van der Waals surface area contributed by atoms with Crippen molar-refractivity contribution in [3.63, 3.8) is 0 Å². The first-order valence-electron chi connectivity index (χ1n) is 6.75. The monoisotopic (exact) mass is 370 g/mol. The molecule has 0 saturated heterocycles. The molecule has 1 atom stereocenters. The molecule has 0 fully saturated rings. The first kappa shape index (κ1) is 18.2. The third kappa shape index (κ3) is 4.22. The summed E-state index contributed by atoms with van der Waals surface area (Å²) in [5.74, 6) is 0.411. The molecule has 10 heteroatoms. The Kier molecular flexibility index (Phi) is 5.11. The van der Waals surface area contributed by atoms with Gasteiger partial charge in [-0.1, -0.05) is 6.07 Å². The van der Waals surface area contributed by atoms with Gasteiger partial charge in [0.1, 0.15) is 4.90 Å². The molecule has 0 saturated carbocycles. The normalized spacial score (nSPS) is 14.0. The molecule has 4 N–H and O–H groups in total. The van der Waals surface area contributed by atoms with Crippen LogP contribution in [0.25, 0.3) is 0 Å². The molecule has 24 heavy (non-hydrogen) atoms. The number of nitrogens with one attached hydrogen (secondary N) is 2. The fraction of sp³-hybridized carbons (Fsp3) is 0.214. The van der Waals surface area contributed by atoms with Crippen molar-refractivity contribution in [2.75, 3.05) is 18.7 Å². The lowest BCUT2D eigenvalue weighted by atomic mass is 10.2. The van der Waals surface area contributed by atoms with E-state index in [-0.39, 0.29) is 22.0 Å². The number of rotatable bonds is 6. The molecule has 0 amide bonds. The molecule has 1 aromatic heterocycles. The van der Waals surface area contributed by atoms with E-state index in [2.05, 4.69) is 10.3 Å². The zero-order valence-electron chi connectivity index (χ0n) is 13.1. The number of ether oxygens (including phenoxy) is 1. The van der Waals surface area contributed by atoms with E-state index in [0.717, 1.165) is 5.56 Å². The van der Waals surface area contributed by atoms with Gasteiger partial charge in [-0.25, -0.2) is 27.5 Å². The van der Waals surface area contributed by atoms with Gasteiger partial charge < -0.3 is 10.1 Å². The van der Waals surface area contributed by atoms with E-state index < -0.39 is 19.8 Å². The molecule has 1 aromatic carbocycles. The van der Waals surface area contributed by atoms with Gasteiger partial charge in [-0.3, -0.25) is 0 Å². The van der Waals surface area contributed by atoms with Gasteiger partial charge in [0.15, 0.2) is 0 Å². The summed E-state index contributed by atoms with van der Waals surface area (Å²) < 4.78 is 48.6. The van der Waals surface area contributed by atoms with Gasteiger partial charge >= 0.3 is 0 Å². The van der Waals surface area contributed by atoms with Gasteiger partial charge in [0.25, 0.3) is 0 Å². The highest BCUT2D eigenvalue weighted by Gasteiger charge is 2.20. The number of primary sulfonamides is 1. The fourth-order valence-corrected chi connectivity index (χ4v) is 3.82. The molecule has 8 nitrogen and oxygen atoms in total. The van der Waals surface area contributed by atoms with Crippen molar-refractivity contribution in [3.05, 3.63) is 42.1 Å². The molecule has 0 aliphatic carbocycles.